The van der Waals surface area contributed by atoms with Crippen molar-refractivity contribution in [1.29, 1.82) is 0 Å². The fraction of sp³-hybridized carbons (Fsp3) is 0.846. The number of nitrogens with two attached hydrogens (primary N) is 1. The third-order valence-electron chi connectivity index (χ3n) is 4.68. The lowest BCUT2D eigenvalue weighted by Gasteiger charge is -2.44. The fourth-order valence-corrected chi connectivity index (χ4v) is 3.95. The first kappa shape index (κ1) is 8.96. The van der Waals surface area contributed by atoms with Crippen LogP contribution in [-0.2, 0) is 0 Å². The Balaban J connectivity index is 1.95. The second kappa shape index (κ2) is 3.37. The van der Waals surface area contributed by atoms with Crippen LogP contribution in [-0.4, -0.2) is 6.04 Å². The maximum Gasteiger partial charge on any atom is 0.0136 e. The van der Waals surface area contributed by atoms with Gasteiger partial charge in [-0.25, -0.2) is 0 Å². The molecule has 78 valence electrons. The highest BCUT2D eigenvalue weighted by Crippen LogP contribution is 2.47. The van der Waals surface area contributed by atoms with Crippen LogP contribution in [0.2, 0.25) is 0 Å². The molecule has 0 spiro atoms. The summed E-state index contributed by atoms with van der Waals surface area (Å²) in [4.78, 5) is 0. The molecule has 3 aliphatic rings. The lowest BCUT2D eigenvalue weighted by atomic mass is 9.63. The second-order valence-electron chi connectivity index (χ2n) is 5.41. The fourth-order valence-electron chi connectivity index (χ4n) is 3.95. The van der Waals surface area contributed by atoms with E-state index in [1.807, 2.05) is 5.57 Å². The van der Waals surface area contributed by atoms with Crippen LogP contribution in [0.15, 0.2) is 11.1 Å². The van der Waals surface area contributed by atoms with Crippen LogP contribution in [0.1, 0.15) is 51.4 Å². The Bertz CT molecular complexity index is 266. The molecule has 0 aliphatic heterocycles. The predicted octanol–water partition coefficient (Wildman–Crippen LogP) is 3.00. The van der Waals surface area contributed by atoms with Gasteiger partial charge in [-0.2, -0.15) is 0 Å². The van der Waals surface area contributed by atoms with Crippen LogP contribution in [0.5, 0.6) is 0 Å². The van der Waals surface area contributed by atoms with Crippen LogP contribution < -0.4 is 5.73 Å². The molecule has 1 nitrogen and oxygen atoms in total. The molecule has 3 aliphatic carbocycles. The Morgan fingerprint density at radius 3 is 2.79 bits per heavy atom. The van der Waals surface area contributed by atoms with Crippen molar-refractivity contribution in [3.05, 3.63) is 11.1 Å². The van der Waals surface area contributed by atoms with E-state index < -0.39 is 0 Å². The van der Waals surface area contributed by atoms with Crippen molar-refractivity contribution in [2.24, 2.45) is 17.6 Å². The van der Waals surface area contributed by atoms with Crippen molar-refractivity contribution < 1.29 is 0 Å². The van der Waals surface area contributed by atoms with Gasteiger partial charge in [-0.1, -0.05) is 17.6 Å². The molecule has 14 heavy (non-hydrogen) atoms. The molecule has 1 fully saturated rings. The minimum Gasteiger partial charge on any atom is -0.327 e. The van der Waals surface area contributed by atoms with Crippen LogP contribution in [0.25, 0.3) is 0 Å². The molecule has 1 saturated carbocycles. The van der Waals surface area contributed by atoms with E-state index in [9.17, 15) is 0 Å². The smallest absolute Gasteiger partial charge is 0.0136 e. The molecule has 0 aromatic rings. The largest absolute Gasteiger partial charge is 0.327 e. The predicted molar refractivity (Wildman–Crippen MR) is 58.9 cm³/mol. The van der Waals surface area contributed by atoms with Gasteiger partial charge >= 0.3 is 0 Å². The molecule has 1 heteroatoms. The maximum atomic E-state index is 6.36. The van der Waals surface area contributed by atoms with Crippen molar-refractivity contribution in [3.63, 3.8) is 0 Å². The average molecular weight is 191 g/mol. The van der Waals surface area contributed by atoms with Gasteiger partial charge in [0.1, 0.15) is 0 Å². The first-order chi connectivity index (χ1) is 6.86. The van der Waals surface area contributed by atoms with Gasteiger partial charge in [0.25, 0.3) is 0 Å². The van der Waals surface area contributed by atoms with Gasteiger partial charge in [-0.3, -0.25) is 0 Å². The minimum absolute atomic E-state index is 0.514. The van der Waals surface area contributed by atoms with Crippen LogP contribution in [0.4, 0.5) is 0 Å². The van der Waals surface area contributed by atoms with Gasteiger partial charge in [0.15, 0.2) is 0 Å². The zero-order chi connectivity index (χ0) is 9.54. The van der Waals surface area contributed by atoms with Gasteiger partial charge < -0.3 is 5.73 Å². The lowest BCUT2D eigenvalue weighted by molar-refractivity contribution is 0.213. The molecule has 3 atom stereocenters. The molecule has 0 heterocycles. The Labute approximate surface area is 86.8 Å². The Hall–Kier alpha value is -0.300. The van der Waals surface area contributed by atoms with E-state index in [2.05, 4.69) is 0 Å². The van der Waals surface area contributed by atoms with E-state index in [0.29, 0.717) is 6.04 Å². The number of hydrogen-bond acceptors (Lipinski definition) is 1. The first-order valence-electron chi connectivity index (χ1n) is 6.32. The van der Waals surface area contributed by atoms with Gasteiger partial charge in [0, 0.05) is 6.04 Å². The number of fused-ring (bicyclic) bond motifs is 3. The highest BCUT2D eigenvalue weighted by Gasteiger charge is 2.38. The third-order valence-corrected chi connectivity index (χ3v) is 4.68. The summed E-state index contributed by atoms with van der Waals surface area (Å²) < 4.78 is 0. The second-order valence-corrected chi connectivity index (χ2v) is 5.41. The summed E-state index contributed by atoms with van der Waals surface area (Å²) in [6, 6.07) is 0.514. The van der Waals surface area contributed by atoms with E-state index in [4.69, 9.17) is 5.73 Å². The van der Waals surface area contributed by atoms with Gasteiger partial charge in [0.05, 0.1) is 0 Å². The first-order valence-corrected chi connectivity index (χ1v) is 6.32. The molecule has 0 unspecified atom stereocenters. The highest BCUT2D eigenvalue weighted by molar-refractivity contribution is 5.26. The number of rotatable bonds is 0. The Morgan fingerprint density at radius 1 is 1.00 bits per heavy atom. The molecule has 0 amide bonds. The van der Waals surface area contributed by atoms with E-state index in [-0.39, 0.29) is 0 Å². The summed E-state index contributed by atoms with van der Waals surface area (Å²) in [5.74, 6) is 1.63. The molecular weight excluding hydrogens is 170 g/mol. The molecule has 3 rings (SSSR count). The molecule has 0 saturated heterocycles. The van der Waals surface area contributed by atoms with Crippen molar-refractivity contribution in [1.82, 2.24) is 0 Å². The maximum absolute atomic E-state index is 6.36. The topological polar surface area (TPSA) is 26.0 Å². The van der Waals surface area contributed by atoms with E-state index in [1.54, 1.807) is 5.57 Å². The summed E-state index contributed by atoms with van der Waals surface area (Å²) in [6.07, 6.45) is 11.2. The molecule has 2 N–H and O–H groups in total. The van der Waals surface area contributed by atoms with E-state index >= 15 is 0 Å². The quantitative estimate of drug-likeness (QED) is 0.585. The summed E-state index contributed by atoms with van der Waals surface area (Å²) in [6.45, 7) is 0. The lowest BCUT2D eigenvalue weighted by Crippen LogP contribution is -2.45. The normalized spacial score (nSPS) is 42.2. The average Bonchev–Trinajstić information content (AvgIpc) is 2.18. The third kappa shape index (κ3) is 1.25. The van der Waals surface area contributed by atoms with Crippen LogP contribution >= 0.6 is 0 Å². The van der Waals surface area contributed by atoms with Gasteiger partial charge in [-0.15, -0.1) is 0 Å². The summed E-state index contributed by atoms with van der Waals surface area (Å²) >= 11 is 0. The number of allylic oxidation sites excluding steroid dienone is 1. The van der Waals surface area contributed by atoms with Crippen molar-refractivity contribution in [2.75, 3.05) is 0 Å². The van der Waals surface area contributed by atoms with Crippen molar-refractivity contribution in [3.8, 4) is 0 Å². The van der Waals surface area contributed by atoms with Crippen molar-refractivity contribution in [2.45, 2.75) is 57.4 Å². The zero-order valence-corrected chi connectivity index (χ0v) is 8.97. The molecule has 0 radical (unpaired) electrons. The van der Waals surface area contributed by atoms with E-state index in [0.717, 1.165) is 11.8 Å². The Morgan fingerprint density at radius 2 is 1.86 bits per heavy atom. The van der Waals surface area contributed by atoms with Crippen molar-refractivity contribution >= 4 is 0 Å². The summed E-state index contributed by atoms with van der Waals surface area (Å²) in [5.41, 5.74) is 9.99. The van der Waals surface area contributed by atoms with Crippen LogP contribution in [0, 0.1) is 11.8 Å². The SMILES string of the molecule is N[C@H]1[C@@H]2CCC[C@H]1C1=C(CCCC1)C2. The van der Waals surface area contributed by atoms with E-state index in [1.165, 1.54) is 51.4 Å². The monoisotopic (exact) mass is 191 g/mol. The zero-order valence-electron chi connectivity index (χ0n) is 8.97. The standard InChI is InChI=1S/C13H21N/c14-13-10-5-3-7-12(13)11-6-2-1-4-9(11)8-10/h10,12-13H,1-8,14H2/t10-,12+,13+/m1/s1. The van der Waals surface area contributed by atoms with Gasteiger partial charge in [-0.05, 0) is 56.8 Å². The number of hydrogen-bond donors (Lipinski definition) is 1. The van der Waals surface area contributed by atoms with Gasteiger partial charge in [0.2, 0.25) is 0 Å². The molecule has 0 aromatic carbocycles. The van der Waals surface area contributed by atoms with Crippen LogP contribution in [0.3, 0.4) is 0 Å². The molecule has 0 aromatic heterocycles. The minimum atomic E-state index is 0.514. The highest BCUT2D eigenvalue weighted by atomic mass is 14.7. The summed E-state index contributed by atoms with van der Waals surface area (Å²) in [5, 5.41) is 0. The molecule has 2 bridgehead atoms. The Kier molecular flexibility index (Phi) is 2.16. The molecular formula is C13H21N. The summed E-state index contributed by atoms with van der Waals surface area (Å²) in [7, 11) is 0.